The van der Waals surface area contributed by atoms with Gasteiger partial charge in [0.05, 0.1) is 10.2 Å². The molecule has 3 aromatic rings. The number of ether oxygens (including phenoxy) is 2. The van der Waals surface area contributed by atoms with E-state index in [0.29, 0.717) is 40.4 Å². The van der Waals surface area contributed by atoms with E-state index >= 15 is 0 Å². The number of nitrogens with one attached hydrogen (secondary N) is 1. The van der Waals surface area contributed by atoms with Gasteiger partial charge in [-0.05, 0) is 42.8 Å². The van der Waals surface area contributed by atoms with E-state index in [1.54, 1.807) is 18.2 Å². The van der Waals surface area contributed by atoms with E-state index in [4.69, 9.17) is 21.1 Å². The average molecular weight is 361 g/mol. The second-order valence-electron chi connectivity index (χ2n) is 5.35. The monoisotopic (exact) mass is 360 g/mol. The number of benzene rings is 2. The number of fused-ring (bicyclic) bond motifs is 2. The van der Waals surface area contributed by atoms with Crippen molar-refractivity contribution < 1.29 is 14.3 Å². The van der Waals surface area contributed by atoms with Crippen LogP contribution in [-0.4, -0.2) is 24.1 Å². The molecule has 5 nitrogen and oxygen atoms in total. The lowest BCUT2D eigenvalue weighted by molar-refractivity contribution is 0.102. The molecule has 1 aliphatic heterocycles. The number of anilines is 1. The lowest BCUT2D eigenvalue weighted by Gasteiger charge is -2.18. The number of nitrogens with zero attached hydrogens (tertiary/aromatic N) is 1. The van der Waals surface area contributed by atoms with Crippen LogP contribution in [0, 0.1) is 6.92 Å². The third-order valence-corrected chi connectivity index (χ3v) is 5.12. The molecular formula is C17H13ClN2O3S. The van der Waals surface area contributed by atoms with Gasteiger partial charge in [-0.15, -0.1) is 0 Å². The summed E-state index contributed by atoms with van der Waals surface area (Å²) in [6, 6.07) is 8.87. The molecule has 24 heavy (non-hydrogen) atoms. The Morgan fingerprint density at radius 2 is 2.00 bits per heavy atom. The summed E-state index contributed by atoms with van der Waals surface area (Å²) in [5.41, 5.74) is 2.21. The minimum atomic E-state index is -0.241. The van der Waals surface area contributed by atoms with Gasteiger partial charge < -0.3 is 9.47 Å². The van der Waals surface area contributed by atoms with E-state index in [9.17, 15) is 4.79 Å². The third kappa shape index (κ3) is 2.68. The van der Waals surface area contributed by atoms with Crippen LogP contribution in [0.2, 0.25) is 5.02 Å². The number of aromatic nitrogens is 1. The quantitative estimate of drug-likeness (QED) is 0.741. The van der Waals surface area contributed by atoms with Crippen LogP contribution in [0.4, 0.5) is 5.13 Å². The molecule has 4 rings (SSSR count). The average Bonchev–Trinajstić information content (AvgIpc) is 3.01. The number of hydrogen-bond donors (Lipinski definition) is 1. The van der Waals surface area contributed by atoms with Gasteiger partial charge in [-0.25, -0.2) is 4.98 Å². The zero-order valence-corrected chi connectivity index (χ0v) is 14.3. The molecular weight excluding hydrogens is 348 g/mol. The zero-order chi connectivity index (χ0) is 16.7. The van der Waals surface area contributed by atoms with Crippen LogP contribution in [0.3, 0.4) is 0 Å². The highest BCUT2D eigenvalue weighted by Gasteiger charge is 2.16. The molecule has 1 aliphatic rings. The first-order chi connectivity index (χ1) is 11.6. The number of carbonyl (C=O) groups is 1. The summed E-state index contributed by atoms with van der Waals surface area (Å²) in [6.07, 6.45) is 0. The van der Waals surface area contributed by atoms with Crippen LogP contribution in [0.25, 0.3) is 10.2 Å². The van der Waals surface area contributed by atoms with Crippen molar-refractivity contribution in [3.63, 3.8) is 0 Å². The van der Waals surface area contributed by atoms with Crippen LogP contribution in [-0.2, 0) is 0 Å². The van der Waals surface area contributed by atoms with Crippen LogP contribution in [0.1, 0.15) is 15.9 Å². The van der Waals surface area contributed by atoms with Gasteiger partial charge in [0.2, 0.25) is 0 Å². The van der Waals surface area contributed by atoms with Gasteiger partial charge in [-0.2, -0.15) is 0 Å². The zero-order valence-electron chi connectivity index (χ0n) is 12.8. The predicted molar refractivity (Wildman–Crippen MR) is 94.8 cm³/mol. The van der Waals surface area contributed by atoms with E-state index in [0.717, 1.165) is 15.8 Å². The molecule has 0 fully saturated rings. The molecule has 2 aromatic carbocycles. The third-order valence-electron chi connectivity index (χ3n) is 3.77. The number of rotatable bonds is 2. The Morgan fingerprint density at radius 3 is 2.83 bits per heavy atom. The molecule has 0 bridgehead atoms. The van der Waals surface area contributed by atoms with E-state index in [2.05, 4.69) is 10.3 Å². The van der Waals surface area contributed by atoms with Gasteiger partial charge in [0.15, 0.2) is 16.6 Å². The molecule has 0 radical (unpaired) electrons. The Morgan fingerprint density at radius 1 is 1.21 bits per heavy atom. The minimum Gasteiger partial charge on any atom is -0.486 e. The van der Waals surface area contributed by atoms with E-state index in [1.807, 2.05) is 19.1 Å². The lowest BCUT2D eigenvalue weighted by atomic mass is 10.2. The van der Waals surface area contributed by atoms with Crippen molar-refractivity contribution in [3.8, 4) is 11.5 Å². The minimum absolute atomic E-state index is 0.241. The molecule has 1 N–H and O–H groups in total. The number of thiazole rings is 1. The molecule has 0 unspecified atom stereocenters. The SMILES string of the molecule is Cc1c(Cl)ccc2sc(NC(=O)c3ccc4c(c3)OCCO4)nc12. The van der Waals surface area contributed by atoms with Gasteiger partial charge in [0.1, 0.15) is 13.2 Å². The molecule has 2 heterocycles. The maximum absolute atomic E-state index is 12.5. The normalized spacial score (nSPS) is 13.1. The van der Waals surface area contributed by atoms with Gasteiger partial charge >= 0.3 is 0 Å². The van der Waals surface area contributed by atoms with Crippen molar-refractivity contribution in [3.05, 3.63) is 46.5 Å². The fourth-order valence-electron chi connectivity index (χ4n) is 2.51. The Kier molecular flexibility index (Phi) is 3.78. The van der Waals surface area contributed by atoms with Crippen LogP contribution < -0.4 is 14.8 Å². The maximum Gasteiger partial charge on any atom is 0.257 e. The molecule has 122 valence electrons. The Hall–Kier alpha value is -2.31. The van der Waals surface area contributed by atoms with E-state index in [-0.39, 0.29) is 5.91 Å². The highest BCUT2D eigenvalue weighted by Crippen LogP contribution is 2.33. The summed E-state index contributed by atoms with van der Waals surface area (Å²) in [6.45, 7) is 2.92. The summed E-state index contributed by atoms with van der Waals surface area (Å²) in [5, 5.41) is 4.03. The highest BCUT2D eigenvalue weighted by atomic mass is 35.5. The smallest absolute Gasteiger partial charge is 0.257 e. The fraction of sp³-hybridized carbons (Fsp3) is 0.176. The van der Waals surface area contributed by atoms with E-state index in [1.165, 1.54) is 11.3 Å². The number of carbonyl (C=O) groups excluding carboxylic acids is 1. The van der Waals surface area contributed by atoms with Crippen molar-refractivity contribution in [1.82, 2.24) is 4.98 Å². The maximum atomic E-state index is 12.5. The molecule has 0 saturated carbocycles. The number of amides is 1. The molecule has 0 saturated heterocycles. The van der Waals surface area contributed by atoms with Crippen molar-refractivity contribution in [2.45, 2.75) is 6.92 Å². The summed E-state index contributed by atoms with van der Waals surface area (Å²) in [7, 11) is 0. The van der Waals surface area contributed by atoms with Crippen molar-refractivity contribution in [2.24, 2.45) is 0 Å². The van der Waals surface area contributed by atoms with E-state index < -0.39 is 0 Å². The molecule has 7 heteroatoms. The standard InChI is InChI=1S/C17H13ClN2O3S/c1-9-11(18)3-5-14-15(9)19-17(24-14)20-16(21)10-2-4-12-13(8-10)23-7-6-22-12/h2-5,8H,6-7H2,1H3,(H,19,20,21). The second kappa shape index (κ2) is 5.96. The Bertz CT molecular complexity index is 954. The van der Waals surface area contributed by atoms with Crippen molar-refractivity contribution >= 4 is 44.2 Å². The molecule has 0 aliphatic carbocycles. The van der Waals surface area contributed by atoms with Crippen molar-refractivity contribution in [1.29, 1.82) is 0 Å². The Balaban J connectivity index is 1.61. The van der Waals surface area contributed by atoms with Crippen LogP contribution >= 0.6 is 22.9 Å². The number of hydrogen-bond acceptors (Lipinski definition) is 5. The lowest BCUT2D eigenvalue weighted by Crippen LogP contribution is -2.17. The first kappa shape index (κ1) is 15.2. The largest absolute Gasteiger partial charge is 0.486 e. The van der Waals surface area contributed by atoms with Crippen LogP contribution in [0.5, 0.6) is 11.5 Å². The fourth-order valence-corrected chi connectivity index (χ4v) is 3.58. The van der Waals surface area contributed by atoms with Gasteiger partial charge in [-0.1, -0.05) is 22.9 Å². The number of halogens is 1. The van der Waals surface area contributed by atoms with Crippen LogP contribution in [0.15, 0.2) is 30.3 Å². The number of aryl methyl sites for hydroxylation is 1. The Labute approximate surface area is 147 Å². The second-order valence-corrected chi connectivity index (χ2v) is 6.79. The topological polar surface area (TPSA) is 60.5 Å². The molecule has 1 amide bonds. The highest BCUT2D eigenvalue weighted by molar-refractivity contribution is 7.22. The van der Waals surface area contributed by atoms with Gasteiger partial charge in [-0.3, -0.25) is 10.1 Å². The predicted octanol–water partition coefficient (Wildman–Crippen LogP) is 4.28. The first-order valence-electron chi connectivity index (χ1n) is 7.38. The summed E-state index contributed by atoms with van der Waals surface area (Å²) < 4.78 is 12.0. The first-order valence-corrected chi connectivity index (χ1v) is 8.58. The summed E-state index contributed by atoms with van der Waals surface area (Å²) >= 11 is 7.53. The molecule has 0 atom stereocenters. The van der Waals surface area contributed by atoms with Crippen molar-refractivity contribution in [2.75, 3.05) is 18.5 Å². The van der Waals surface area contributed by atoms with Gasteiger partial charge in [0.25, 0.3) is 5.91 Å². The summed E-state index contributed by atoms with van der Waals surface area (Å²) in [4.78, 5) is 16.9. The molecule has 1 aromatic heterocycles. The molecule has 0 spiro atoms. The summed E-state index contributed by atoms with van der Waals surface area (Å²) in [5.74, 6) is 0.999. The van der Waals surface area contributed by atoms with Gasteiger partial charge in [0, 0.05) is 10.6 Å².